The zero-order chi connectivity index (χ0) is 18.0. The van der Waals surface area contributed by atoms with Crippen LogP contribution >= 0.6 is 11.3 Å². The van der Waals surface area contributed by atoms with Crippen molar-refractivity contribution in [1.29, 1.82) is 0 Å². The van der Waals surface area contributed by atoms with Crippen LogP contribution in [0.25, 0.3) is 5.70 Å². The summed E-state index contributed by atoms with van der Waals surface area (Å²) in [7, 11) is 0. The number of carbonyl (C=O) groups excluding carboxylic acids is 3. The molecule has 0 radical (unpaired) electrons. The largest absolute Gasteiger partial charge is 0.456 e. The van der Waals surface area contributed by atoms with Crippen molar-refractivity contribution < 1.29 is 19.1 Å². The summed E-state index contributed by atoms with van der Waals surface area (Å²) in [6, 6.07) is 10.7. The van der Waals surface area contributed by atoms with Gasteiger partial charge in [-0.25, -0.2) is 0 Å². The summed E-state index contributed by atoms with van der Waals surface area (Å²) >= 11 is 1.40. The van der Waals surface area contributed by atoms with E-state index in [2.05, 4.69) is 6.58 Å². The fraction of sp³-hybridized carbons (Fsp3) is 0.211. The van der Waals surface area contributed by atoms with Gasteiger partial charge in [-0.3, -0.25) is 19.3 Å². The van der Waals surface area contributed by atoms with E-state index >= 15 is 0 Å². The van der Waals surface area contributed by atoms with Crippen molar-refractivity contribution in [2.75, 3.05) is 13.2 Å². The van der Waals surface area contributed by atoms with Gasteiger partial charge in [-0.1, -0.05) is 31.7 Å². The van der Waals surface area contributed by atoms with Gasteiger partial charge < -0.3 is 4.74 Å². The van der Waals surface area contributed by atoms with Crippen LogP contribution in [0.4, 0.5) is 0 Å². The maximum Gasteiger partial charge on any atom is 0.326 e. The highest BCUT2D eigenvalue weighted by molar-refractivity contribution is 7.14. The molecule has 128 valence electrons. The number of amides is 1. The zero-order valence-corrected chi connectivity index (χ0v) is 14.6. The Morgan fingerprint density at radius 3 is 2.52 bits per heavy atom. The molecule has 25 heavy (non-hydrogen) atoms. The van der Waals surface area contributed by atoms with Gasteiger partial charge in [0.05, 0.1) is 4.88 Å². The van der Waals surface area contributed by atoms with Gasteiger partial charge >= 0.3 is 5.97 Å². The van der Waals surface area contributed by atoms with Crippen LogP contribution in [-0.4, -0.2) is 35.7 Å². The lowest BCUT2D eigenvalue weighted by molar-refractivity contribution is -0.142. The third kappa shape index (κ3) is 3.39. The van der Waals surface area contributed by atoms with E-state index in [0.717, 1.165) is 11.3 Å². The Hall–Kier alpha value is -2.73. The van der Waals surface area contributed by atoms with Gasteiger partial charge in [0.2, 0.25) is 5.78 Å². The van der Waals surface area contributed by atoms with Gasteiger partial charge in [-0.15, -0.1) is 11.3 Å². The quantitative estimate of drug-likeness (QED) is 0.590. The van der Waals surface area contributed by atoms with E-state index in [1.54, 1.807) is 24.3 Å². The minimum Gasteiger partial charge on any atom is -0.456 e. The maximum absolute atomic E-state index is 12.3. The summed E-state index contributed by atoms with van der Waals surface area (Å²) in [5, 5.41) is 0. The van der Waals surface area contributed by atoms with Crippen LogP contribution in [0.2, 0.25) is 0 Å². The Balaban J connectivity index is 1.57. The number of benzene rings is 1. The molecule has 0 saturated heterocycles. The molecule has 2 heterocycles. The summed E-state index contributed by atoms with van der Waals surface area (Å²) in [5.41, 5.74) is 1.69. The average Bonchev–Trinajstić information content (AvgIpc) is 3.20. The Bertz CT molecular complexity index is 833. The van der Waals surface area contributed by atoms with Gasteiger partial charge in [0.1, 0.15) is 6.54 Å². The first-order valence-electron chi connectivity index (χ1n) is 7.89. The number of Topliss-reactive ketones (excluding diaryl/α,β-unsaturated/α-hetero) is 1. The number of esters is 1. The van der Waals surface area contributed by atoms with Gasteiger partial charge in [-0.05, 0) is 24.6 Å². The van der Waals surface area contributed by atoms with E-state index in [-0.39, 0.29) is 24.8 Å². The predicted molar refractivity (Wildman–Crippen MR) is 95.5 cm³/mol. The number of hydrogen-bond acceptors (Lipinski definition) is 5. The topological polar surface area (TPSA) is 63.7 Å². The molecule has 5 nitrogen and oxygen atoms in total. The summed E-state index contributed by atoms with van der Waals surface area (Å²) in [4.78, 5) is 39.4. The van der Waals surface area contributed by atoms with E-state index in [9.17, 15) is 14.4 Å². The van der Waals surface area contributed by atoms with Crippen LogP contribution in [0.5, 0.6) is 0 Å². The normalized spacial score (nSPS) is 13.1. The molecule has 0 fully saturated rings. The average molecular weight is 355 g/mol. The molecule has 1 aliphatic rings. The number of aryl methyl sites for hydroxylation is 1. The standard InChI is InChI=1S/C19H17NO4S/c1-3-13-8-9-17(25-13)16(21)11-24-18(22)10-20-12(2)14-6-4-5-7-15(14)19(20)23/h4-9H,2-3,10-11H2,1H3. The van der Waals surface area contributed by atoms with Gasteiger partial charge in [-0.2, -0.15) is 0 Å². The van der Waals surface area contributed by atoms with Crippen LogP contribution in [0.3, 0.4) is 0 Å². The first-order valence-corrected chi connectivity index (χ1v) is 8.70. The molecule has 1 aliphatic heterocycles. The second kappa shape index (κ2) is 7.03. The number of hydrogen-bond donors (Lipinski definition) is 0. The molecule has 0 atom stereocenters. The van der Waals surface area contributed by atoms with Gasteiger partial charge in [0.15, 0.2) is 6.61 Å². The second-order valence-electron chi connectivity index (χ2n) is 5.59. The molecule has 0 spiro atoms. The number of thiophene rings is 1. The van der Waals surface area contributed by atoms with Crippen molar-refractivity contribution in [3.8, 4) is 0 Å². The molecule has 0 bridgehead atoms. The lowest BCUT2D eigenvalue weighted by Crippen LogP contribution is -2.31. The van der Waals surface area contributed by atoms with Crippen molar-refractivity contribution in [3.63, 3.8) is 0 Å². The van der Waals surface area contributed by atoms with E-state index in [1.165, 1.54) is 16.2 Å². The maximum atomic E-state index is 12.3. The number of carbonyl (C=O) groups is 3. The number of fused-ring (bicyclic) bond motifs is 1. The second-order valence-corrected chi connectivity index (χ2v) is 6.76. The number of rotatable bonds is 6. The third-order valence-corrected chi connectivity index (χ3v) is 5.25. The first-order chi connectivity index (χ1) is 12.0. The Labute approximate surface area is 149 Å². The summed E-state index contributed by atoms with van der Waals surface area (Å²) in [6.45, 7) is 5.29. The molecular formula is C19H17NO4S. The van der Waals surface area contributed by atoms with Crippen LogP contribution in [0.15, 0.2) is 43.0 Å². The van der Waals surface area contributed by atoms with Crippen LogP contribution in [-0.2, 0) is 16.0 Å². The van der Waals surface area contributed by atoms with E-state index in [0.29, 0.717) is 21.7 Å². The molecule has 1 aromatic heterocycles. The smallest absolute Gasteiger partial charge is 0.326 e. The minimum absolute atomic E-state index is 0.243. The molecule has 3 rings (SSSR count). The molecule has 1 aromatic carbocycles. The molecule has 0 N–H and O–H groups in total. The first kappa shape index (κ1) is 17.1. The molecule has 2 aromatic rings. The van der Waals surface area contributed by atoms with E-state index in [1.807, 2.05) is 19.1 Å². The highest BCUT2D eigenvalue weighted by atomic mass is 32.1. The third-order valence-electron chi connectivity index (χ3n) is 3.98. The highest BCUT2D eigenvalue weighted by Gasteiger charge is 2.32. The summed E-state index contributed by atoms with van der Waals surface area (Å²) < 4.78 is 5.04. The zero-order valence-electron chi connectivity index (χ0n) is 13.8. The fourth-order valence-electron chi connectivity index (χ4n) is 2.61. The van der Waals surface area contributed by atoms with Crippen LogP contribution in [0, 0.1) is 0 Å². The van der Waals surface area contributed by atoms with Gasteiger partial charge in [0, 0.05) is 21.7 Å². The number of nitrogens with zero attached hydrogens (tertiary/aromatic N) is 1. The van der Waals surface area contributed by atoms with Crippen LogP contribution in [0.1, 0.15) is 37.4 Å². The lowest BCUT2D eigenvalue weighted by atomic mass is 10.1. The molecular weight excluding hydrogens is 338 g/mol. The van der Waals surface area contributed by atoms with Crippen molar-refractivity contribution >= 4 is 34.7 Å². The Morgan fingerprint density at radius 2 is 1.88 bits per heavy atom. The summed E-state index contributed by atoms with van der Waals surface area (Å²) in [6.07, 6.45) is 0.859. The highest BCUT2D eigenvalue weighted by Crippen LogP contribution is 2.30. The SMILES string of the molecule is C=C1c2ccccc2C(=O)N1CC(=O)OCC(=O)c1ccc(CC)s1. The molecule has 1 amide bonds. The fourth-order valence-corrected chi connectivity index (χ4v) is 3.48. The van der Waals surface area contributed by atoms with Crippen molar-refractivity contribution in [2.24, 2.45) is 0 Å². The predicted octanol–water partition coefficient (Wildman–Crippen LogP) is 3.16. The minimum atomic E-state index is -0.636. The van der Waals surface area contributed by atoms with Crippen LogP contribution < -0.4 is 0 Å². The number of ketones is 1. The Kier molecular flexibility index (Phi) is 4.81. The van der Waals surface area contributed by atoms with E-state index in [4.69, 9.17) is 4.74 Å². The summed E-state index contributed by atoms with van der Waals surface area (Å²) in [5.74, 6) is -1.16. The molecule has 0 aliphatic carbocycles. The van der Waals surface area contributed by atoms with E-state index < -0.39 is 5.97 Å². The monoisotopic (exact) mass is 355 g/mol. The lowest BCUT2D eigenvalue weighted by Gasteiger charge is -2.16. The number of ether oxygens (including phenoxy) is 1. The van der Waals surface area contributed by atoms with Crippen molar-refractivity contribution in [2.45, 2.75) is 13.3 Å². The van der Waals surface area contributed by atoms with Crippen molar-refractivity contribution in [1.82, 2.24) is 4.90 Å². The Morgan fingerprint density at radius 1 is 1.16 bits per heavy atom. The molecule has 0 saturated carbocycles. The van der Waals surface area contributed by atoms with Crippen molar-refractivity contribution in [3.05, 3.63) is 63.9 Å². The molecule has 6 heteroatoms. The molecule has 0 unspecified atom stereocenters. The van der Waals surface area contributed by atoms with Gasteiger partial charge in [0.25, 0.3) is 5.91 Å².